The van der Waals surface area contributed by atoms with Crippen molar-refractivity contribution < 1.29 is 33.4 Å². The number of esters is 3. The molecule has 39 heavy (non-hydrogen) atoms. The third kappa shape index (κ3) is 6.09. The number of allylic oxidation sites excluding steroid dienone is 2. The van der Waals surface area contributed by atoms with Gasteiger partial charge < -0.3 is 19.5 Å². The lowest BCUT2D eigenvalue weighted by Gasteiger charge is -2.57. The number of rotatable bonds is 7. The number of amides is 1. The highest BCUT2D eigenvalue weighted by atomic mass is 16.6. The fourth-order valence-corrected chi connectivity index (χ4v) is 8.18. The second kappa shape index (κ2) is 11.1. The van der Waals surface area contributed by atoms with Crippen molar-refractivity contribution in [3.63, 3.8) is 0 Å². The number of carbonyl (C=O) groups excluding carboxylic acids is 4. The summed E-state index contributed by atoms with van der Waals surface area (Å²) < 4.78 is 15.9. The molecule has 4 rings (SSSR count). The van der Waals surface area contributed by atoms with E-state index in [4.69, 9.17) is 14.2 Å². The smallest absolute Gasteiger partial charge is 0.302 e. The molecule has 0 aromatic rings. The standard InChI is InChI=1S/C31H45NO7/c1-19(33)37-17-29(4,18-38-20(2)34)32-28(36)16-23-8-10-26-25-9-7-22-15-24(39-21(3)35)11-13-30(22,5)27(25)12-14-31(23,26)6/h7,16,24-27H,8-15,17-18H2,1-6H3,(H,32,36)/b23-16+/t24-,25-,26-,27-,30-,31+/m0/s1. The van der Waals surface area contributed by atoms with E-state index < -0.39 is 17.5 Å². The predicted molar refractivity (Wildman–Crippen MR) is 145 cm³/mol. The van der Waals surface area contributed by atoms with Gasteiger partial charge in [0.2, 0.25) is 5.91 Å². The Labute approximate surface area is 232 Å². The van der Waals surface area contributed by atoms with Gasteiger partial charge in [-0.2, -0.15) is 0 Å². The Kier molecular flexibility index (Phi) is 8.34. The van der Waals surface area contributed by atoms with Crippen LogP contribution >= 0.6 is 0 Å². The molecule has 0 aromatic heterocycles. The zero-order valence-electron chi connectivity index (χ0n) is 24.4. The fraction of sp³-hybridized carbons (Fsp3) is 0.742. The molecule has 0 aromatic carbocycles. The van der Waals surface area contributed by atoms with Crippen molar-refractivity contribution in [1.82, 2.24) is 5.32 Å². The molecule has 0 spiro atoms. The Morgan fingerprint density at radius 3 is 2.18 bits per heavy atom. The van der Waals surface area contributed by atoms with Crippen molar-refractivity contribution in [3.05, 3.63) is 23.3 Å². The van der Waals surface area contributed by atoms with Crippen molar-refractivity contribution in [2.24, 2.45) is 28.6 Å². The summed E-state index contributed by atoms with van der Waals surface area (Å²) in [5.41, 5.74) is 1.76. The van der Waals surface area contributed by atoms with Crippen LogP contribution < -0.4 is 5.32 Å². The van der Waals surface area contributed by atoms with Gasteiger partial charge in [-0.15, -0.1) is 0 Å². The Morgan fingerprint density at radius 1 is 0.949 bits per heavy atom. The van der Waals surface area contributed by atoms with Crippen molar-refractivity contribution in [3.8, 4) is 0 Å². The van der Waals surface area contributed by atoms with Gasteiger partial charge in [0.1, 0.15) is 24.9 Å². The van der Waals surface area contributed by atoms with Gasteiger partial charge in [0.15, 0.2) is 0 Å². The molecule has 3 saturated carbocycles. The summed E-state index contributed by atoms with van der Waals surface area (Å²) in [5.74, 6) is 0.337. The molecule has 4 aliphatic rings. The van der Waals surface area contributed by atoms with E-state index in [0.29, 0.717) is 17.8 Å². The Bertz CT molecular complexity index is 1060. The van der Waals surface area contributed by atoms with Gasteiger partial charge in [0, 0.05) is 33.3 Å². The average molecular weight is 544 g/mol. The maximum atomic E-state index is 13.2. The first-order valence-corrected chi connectivity index (χ1v) is 14.4. The highest BCUT2D eigenvalue weighted by Gasteiger charge is 2.57. The number of nitrogens with one attached hydrogen (secondary N) is 1. The number of carbonyl (C=O) groups is 4. The number of fused-ring (bicyclic) bond motifs is 5. The monoisotopic (exact) mass is 543 g/mol. The van der Waals surface area contributed by atoms with E-state index in [9.17, 15) is 19.2 Å². The molecule has 8 heteroatoms. The van der Waals surface area contributed by atoms with Crippen LogP contribution in [0, 0.1) is 28.6 Å². The van der Waals surface area contributed by atoms with Gasteiger partial charge >= 0.3 is 17.9 Å². The number of ether oxygens (including phenoxy) is 3. The fourth-order valence-electron chi connectivity index (χ4n) is 8.18. The lowest BCUT2D eigenvalue weighted by molar-refractivity contribution is -0.150. The third-order valence-electron chi connectivity index (χ3n) is 10.2. The second-order valence-electron chi connectivity index (χ2n) is 13.0. The van der Waals surface area contributed by atoms with Gasteiger partial charge in [-0.1, -0.05) is 31.1 Å². The molecule has 0 heterocycles. The first-order valence-electron chi connectivity index (χ1n) is 14.4. The summed E-state index contributed by atoms with van der Waals surface area (Å²) in [6.45, 7) is 10.4. The zero-order valence-corrected chi connectivity index (χ0v) is 24.4. The molecule has 216 valence electrons. The van der Waals surface area contributed by atoms with E-state index >= 15 is 0 Å². The molecule has 8 nitrogen and oxygen atoms in total. The van der Waals surface area contributed by atoms with Gasteiger partial charge in [-0.05, 0) is 80.5 Å². The van der Waals surface area contributed by atoms with Crippen LogP contribution in [-0.4, -0.2) is 48.7 Å². The predicted octanol–water partition coefficient (Wildman–Crippen LogP) is 4.81. The third-order valence-corrected chi connectivity index (χ3v) is 10.2. The van der Waals surface area contributed by atoms with Crippen LogP contribution in [0.5, 0.6) is 0 Å². The van der Waals surface area contributed by atoms with Crippen molar-refractivity contribution >= 4 is 23.8 Å². The largest absolute Gasteiger partial charge is 0.463 e. The molecular weight excluding hydrogens is 498 g/mol. The maximum absolute atomic E-state index is 13.2. The minimum Gasteiger partial charge on any atom is -0.463 e. The van der Waals surface area contributed by atoms with E-state index in [1.807, 2.05) is 0 Å². The summed E-state index contributed by atoms with van der Waals surface area (Å²) >= 11 is 0. The number of hydrogen-bond acceptors (Lipinski definition) is 7. The zero-order chi connectivity index (χ0) is 28.6. The molecule has 0 unspecified atom stereocenters. The highest BCUT2D eigenvalue weighted by molar-refractivity contribution is 5.89. The lowest BCUT2D eigenvalue weighted by Crippen LogP contribution is -2.53. The molecule has 0 radical (unpaired) electrons. The Balaban J connectivity index is 1.48. The molecule has 6 atom stereocenters. The molecule has 1 N–H and O–H groups in total. The summed E-state index contributed by atoms with van der Waals surface area (Å²) in [6.07, 6.45) is 12.2. The van der Waals surface area contributed by atoms with Gasteiger partial charge in [-0.25, -0.2) is 0 Å². The number of hydrogen-bond donors (Lipinski definition) is 1. The minimum atomic E-state index is -1.02. The average Bonchev–Trinajstić information content (AvgIpc) is 3.17. The van der Waals surface area contributed by atoms with Crippen LogP contribution in [-0.2, 0) is 33.4 Å². The summed E-state index contributed by atoms with van der Waals surface area (Å²) in [6, 6.07) is 0. The van der Waals surface area contributed by atoms with Crippen LogP contribution in [0.4, 0.5) is 0 Å². The molecule has 0 bridgehead atoms. The molecule has 3 fully saturated rings. The van der Waals surface area contributed by atoms with Crippen LogP contribution in [0.15, 0.2) is 23.3 Å². The molecule has 0 saturated heterocycles. The summed E-state index contributed by atoms with van der Waals surface area (Å²) in [5, 5.41) is 2.95. The van der Waals surface area contributed by atoms with Crippen molar-refractivity contribution in [2.45, 2.75) is 105 Å². The molecule has 0 aliphatic heterocycles. The summed E-state index contributed by atoms with van der Waals surface area (Å²) in [7, 11) is 0. The maximum Gasteiger partial charge on any atom is 0.302 e. The van der Waals surface area contributed by atoms with Crippen LogP contribution in [0.3, 0.4) is 0 Å². The van der Waals surface area contributed by atoms with E-state index in [1.54, 1.807) is 13.0 Å². The van der Waals surface area contributed by atoms with Gasteiger partial charge in [0.05, 0.1) is 0 Å². The van der Waals surface area contributed by atoms with Crippen LogP contribution in [0.25, 0.3) is 0 Å². The van der Waals surface area contributed by atoms with Crippen LogP contribution in [0.2, 0.25) is 0 Å². The molecule has 4 aliphatic carbocycles. The first kappa shape index (κ1) is 29.3. The highest BCUT2D eigenvalue weighted by Crippen LogP contribution is 2.66. The van der Waals surface area contributed by atoms with E-state index in [0.717, 1.165) is 51.4 Å². The first-order chi connectivity index (χ1) is 18.3. The Hall–Kier alpha value is -2.64. The van der Waals surface area contributed by atoms with Crippen LogP contribution in [0.1, 0.15) is 92.9 Å². The lowest BCUT2D eigenvalue weighted by atomic mass is 9.48. The topological polar surface area (TPSA) is 108 Å². The van der Waals surface area contributed by atoms with Crippen molar-refractivity contribution in [1.29, 1.82) is 0 Å². The Morgan fingerprint density at radius 2 is 1.56 bits per heavy atom. The van der Waals surface area contributed by atoms with E-state index in [-0.39, 0.29) is 42.0 Å². The molecular formula is C31H45NO7. The minimum absolute atomic E-state index is 0.000797. The quantitative estimate of drug-likeness (QED) is 0.212. The SMILES string of the molecule is CC(=O)OCC(C)(COC(C)=O)NC(=O)/C=C1\CC[C@H]2[C@@H]3CC=C4C[C@@H](OC(C)=O)CC[C@]4(C)[C@H]3CC[C@]12C. The van der Waals surface area contributed by atoms with Crippen molar-refractivity contribution in [2.75, 3.05) is 13.2 Å². The molecule has 1 amide bonds. The normalized spacial score (nSPS) is 34.6. The second-order valence-corrected chi connectivity index (χ2v) is 13.0. The summed E-state index contributed by atoms with van der Waals surface area (Å²) in [4.78, 5) is 47.6. The van der Waals surface area contributed by atoms with E-state index in [2.05, 4.69) is 25.2 Å². The van der Waals surface area contributed by atoms with Gasteiger partial charge in [0.25, 0.3) is 0 Å². The van der Waals surface area contributed by atoms with Gasteiger partial charge in [-0.3, -0.25) is 19.2 Å². The van der Waals surface area contributed by atoms with E-state index in [1.165, 1.54) is 31.9 Å².